The molecule has 3 rings (SSSR count). The lowest BCUT2D eigenvalue weighted by Crippen LogP contribution is -2.35. The maximum atomic E-state index is 12.3. The largest absolute Gasteiger partial charge is 0.493 e. The molecule has 0 aliphatic carbocycles. The zero-order chi connectivity index (χ0) is 19.2. The summed E-state index contributed by atoms with van der Waals surface area (Å²) in [6.45, 7) is 3.08. The van der Waals surface area contributed by atoms with Gasteiger partial charge in [0.15, 0.2) is 29.1 Å². The quantitative estimate of drug-likeness (QED) is 0.804. The minimum atomic E-state index is -0.660. The van der Waals surface area contributed by atoms with Crippen molar-refractivity contribution in [3.8, 4) is 28.7 Å². The fourth-order valence-corrected chi connectivity index (χ4v) is 2.68. The van der Waals surface area contributed by atoms with E-state index in [-0.39, 0.29) is 5.91 Å². The molecule has 0 spiro atoms. The molecule has 2 aromatic carbocycles. The Bertz CT molecular complexity index is 807. The van der Waals surface area contributed by atoms with Crippen LogP contribution in [0, 0.1) is 0 Å². The third-order valence-corrected chi connectivity index (χ3v) is 4.11. The van der Waals surface area contributed by atoms with Crippen LogP contribution in [0.1, 0.15) is 12.5 Å². The molecule has 27 heavy (non-hydrogen) atoms. The van der Waals surface area contributed by atoms with Gasteiger partial charge in [-0.25, -0.2) is 0 Å². The lowest BCUT2D eigenvalue weighted by molar-refractivity contribution is -0.127. The molecule has 0 fully saturated rings. The van der Waals surface area contributed by atoms with E-state index < -0.39 is 6.10 Å². The van der Waals surface area contributed by atoms with Crippen molar-refractivity contribution < 1.29 is 28.5 Å². The van der Waals surface area contributed by atoms with E-state index in [4.69, 9.17) is 23.7 Å². The number of carbonyl (C=O) groups is 1. The van der Waals surface area contributed by atoms with Crippen LogP contribution in [0.2, 0.25) is 0 Å². The Morgan fingerprint density at radius 3 is 2.52 bits per heavy atom. The topological polar surface area (TPSA) is 75.3 Å². The van der Waals surface area contributed by atoms with Crippen LogP contribution in [-0.2, 0) is 11.3 Å². The second-order valence-electron chi connectivity index (χ2n) is 5.97. The predicted molar refractivity (Wildman–Crippen MR) is 98.9 cm³/mol. The first-order valence-electron chi connectivity index (χ1n) is 8.65. The fraction of sp³-hybridized carbons (Fsp3) is 0.350. The minimum Gasteiger partial charge on any atom is -0.493 e. The molecule has 0 unspecified atom stereocenters. The van der Waals surface area contributed by atoms with Gasteiger partial charge in [-0.05, 0) is 36.8 Å². The van der Waals surface area contributed by atoms with E-state index in [9.17, 15) is 4.79 Å². The Kier molecular flexibility index (Phi) is 5.90. The van der Waals surface area contributed by atoms with Crippen molar-refractivity contribution in [1.29, 1.82) is 0 Å². The van der Waals surface area contributed by atoms with Crippen molar-refractivity contribution in [2.45, 2.75) is 19.6 Å². The molecule has 1 N–H and O–H groups in total. The summed E-state index contributed by atoms with van der Waals surface area (Å²) < 4.78 is 27.2. The normalized spacial score (nSPS) is 13.4. The summed E-state index contributed by atoms with van der Waals surface area (Å²) in [5, 5.41) is 2.85. The maximum absolute atomic E-state index is 12.3. The van der Waals surface area contributed by atoms with Crippen molar-refractivity contribution in [1.82, 2.24) is 5.32 Å². The van der Waals surface area contributed by atoms with Crippen LogP contribution in [0.25, 0.3) is 0 Å². The van der Waals surface area contributed by atoms with Crippen molar-refractivity contribution in [3.63, 3.8) is 0 Å². The number of methoxy groups -OCH3 is 2. The molecule has 0 aromatic heterocycles. The van der Waals surface area contributed by atoms with Crippen molar-refractivity contribution in [3.05, 3.63) is 42.0 Å². The molecular formula is C20H23NO6. The maximum Gasteiger partial charge on any atom is 0.261 e. The third-order valence-electron chi connectivity index (χ3n) is 4.11. The minimum absolute atomic E-state index is 0.223. The number of ether oxygens (including phenoxy) is 5. The SMILES string of the molecule is COc1ccc(CNC(=O)[C@@H](C)Oc2ccc3c(c2)OCCO3)cc1OC. The lowest BCUT2D eigenvalue weighted by Gasteiger charge is -2.20. The lowest BCUT2D eigenvalue weighted by atomic mass is 10.2. The van der Waals surface area contributed by atoms with Crippen LogP contribution in [0.5, 0.6) is 28.7 Å². The highest BCUT2D eigenvalue weighted by molar-refractivity contribution is 5.80. The van der Waals surface area contributed by atoms with Crippen molar-refractivity contribution >= 4 is 5.91 Å². The fourth-order valence-electron chi connectivity index (χ4n) is 2.68. The average molecular weight is 373 g/mol. The van der Waals surface area contributed by atoms with Crippen molar-refractivity contribution in [2.75, 3.05) is 27.4 Å². The first-order chi connectivity index (χ1) is 13.1. The number of carbonyl (C=O) groups excluding carboxylic acids is 1. The molecule has 1 aliphatic heterocycles. The second kappa shape index (κ2) is 8.53. The molecule has 0 radical (unpaired) electrons. The van der Waals surface area contributed by atoms with E-state index in [1.165, 1.54) is 0 Å². The smallest absolute Gasteiger partial charge is 0.261 e. The number of amides is 1. The zero-order valence-corrected chi connectivity index (χ0v) is 15.6. The first kappa shape index (κ1) is 18.7. The molecule has 0 bridgehead atoms. The van der Waals surface area contributed by atoms with Gasteiger partial charge < -0.3 is 29.0 Å². The standard InChI is InChI=1S/C20H23NO6/c1-13(27-15-5-7-17-19(11-15)26-9-8-25-17)20(22)21-12-14-4-6-16(23-2)18(10-14)24-3/h4-7,10-11,13H,8-9,12H2,1-3H3,(H,21,22)/t13-/m1/s1. The molecule has 1 atom stereocenters. The number of rotatable bonds is 7. The number of benzene rings is 2. The first-order valence-corrected chi connectivity index (χ1v) is 8.65. The monoisotopic (exact) mass is 373 g/mol. The van der Waals surface area contributed by atoms with Gasteiger partial charge in [0.1, 0.15) is 19.0 Å². The highest BCUT2D eigenvalue weighted by Crippen LogP contribution is 2.33. The van der Waals surface area contributed by atoms with Crippen LogP contribution < -0.4 is 29.0 Å². The van der Waals surface area contributed by atoms with E-state index in [1.54, 1.807) is 45.4 Å². The molecule has 1 aliphatic rings. The van der Waals surface area contributed by atoms with Gasteiger partial charge in [-0.2, -0.15) is 0 Å². The van der Waals surface area contributed by atoms with Gasteiger partial charge in [0, 0.05) is 12.6 Å². The molecule has 7 heteroatoms. The number of hydrogen-bond acceptors (Lipinski definition) is 6. The van der Waals surface area contributed by atoms with E-state index >= 15 is 0 Å². The summed E-state index contributed by atoms with van der Waals surface area (Å²) in [5.74, 6) is 2.89. The molecule has 0 saturated heterocycles. The van der Waals surface area contributed by atoms with Gasteiger partial charge in [0.05, 0.1) is 14.2 Å². The van der Waals surface area contributed by atoms with Crippen LogP contribution in [-0.4, -0.2) is 39.4 Å². The van der Waals surface area contributed by atoms with Gasteiger partial charge in [-0.1, -0.05) is 6.07 Å². The van der Waals surface area contributed by atoms with Gasteiger partial charge in [-0.15, -0.1) is 0 Å². The number of fused-ring (bicyclic) bond motifs is 1. The zero-order valence-electron chi connectivity index (χ0n) is 15.6. The molecule has 2 aromatic rings. The molecule has 1 amide bonds. The van der Waals surface area contributed by atoms with Gasteiger partial charge in [-0.3, -0.25) is 4.79 Å². The Morgan fingerprint density at radius 1 is 1.04 bits per heavy atom. The van der Waals surface area contributed by atoms with Gasteiger partial charge in [0.2, 0.25) is 0 Å². The van der Waals surface area contributed by atoms with Gasteiger partial charge >= 0.3 is 0 Å². The number of hydrogen-bond donors (Lipinski definition) is 1. The van der Waals surface area contributed by atoms with Crippen LogP contribution in [0.3, 0.4) is 0 Å². The van der Waals surface area contributed by atoms with Crippen LogP contribution >= 0.6 is 0 Å². The summed E-state index contributed by atoms with van der Waals surface area (Å²) in [4.78, 5) is 12.3. The summed E-state index contributed by atoms with van der Waals surface area (Å²) in [6.07, 6.45) is -0.660. The summed E-state index contributed by atoms with van der Waals surface area (Å²) in [5.41, 5.74) is 0.896. The highest BCUT2D eigenvalue weighted by Gasteiger charge is 2.17. The molecule has 144 valence electrons. The Labute approximate surface area is 158 Å². The van der Waals surface area contributed by atoms with Gasteiger partial charge in [0.25, 0.3) is 5.91 Å². The Morgan fingerprint density at radius 2 is 1.78 bits per heavy atom. The third kappa shape index (κ3) is 4.55. The molecule has 7 nitrogen and oxygen atoms in total. The average Bonchev–Trinajstić information content (AvgIpc) is 2.71. The molecule has 1 heterocycles. The molecular weight excluding hydrogens is 350 g/mol. The number of nitrogens with one attached hydrogen (secondary N) is 1. The Balaban J connectivity index is 1.56. The Hall–Kier alpha value is -3.09. The summed E-state index contributed by atoms with van der Waals surface area (Å²) in [6, 6.07) is 10.8. The molecule has 0 saturated carbocycles. The van der Waals surface area contributed by atoms with E-state index in [2.05, 4.69) is 5.32 Å². The van der Waals surface area contributed by atoms with E-state index in [0.29, 0.717) is 48.5 Å². The van der Waals surface area contributed by atoms with E-state index in [1.807, 2.05) is 12.1 Å². The predicted octanol–water partition coefficient (Wildman–Crippen LogP) is 2.56. The second-order valence-corrected chi connectivity index (χ2v) is 5.97. The van der Waals surface area contributed by atoms with E-state index in [0.717, 1.165) is 5.56 Å². The van der Waals surface area contributed by atoms with Crippen LogP contribution in [0.15, 0.2) is 36.4 Å². The summed E-state index contributed by atoms with van der Waals surface area (Å²) >= 11 is 0. The van der Waals surface area contributed by atoms with Crippen molar-refractivity contribution in [2.24, 2.45) is 0 Å². The summed E-state index contributed by atoms with van der Waals surface area (Å²) in [7, 11) is 3.15. The van der Waals surface area contributed by atoms with Crippen LogP contribution in [0.4, 0.5) is 0 Å². The highest BCUT2D eigenvalue weighted by atomic mass is 16.6.